The molecule has 0 bridgehead atoms. The van der Waals surface area contributed by atoms with Crippen LogP contribution in [0.5, 0.6) is 0 Å². The second-order valence-corrected chi connectivity index (χ2v) is 9.89. The van der Waals surface area contributed by atoms with E-state index >= 15 is 0 Å². The summed E-state index contributed by atoms with van der Waals surface area (Å²) in [7, 11) is 1.84. The maximum Gasteiger partial charge on any atom is 0.294 e. The zero-order chi connectivity index (χ0) is 25.3. The molecule has 1 aromatic rings. The van der Waals surface area contributed by atoms with Gasteiger partial charge in [-0.2, -0.15) is 0 Å². The summed E-state index contributed by atoms with van der Waals surface area (Å²) in [4.78, 5) is 31.9. The van der Waals surface area contributed by atoms with Gasteiger partial charge in [0.25, 0.3) is 5.91 Å². The predicted octanol–water partition coefficient (Wildman–Crippen LogP) is 2.39. The third-order valence-corrected chi connectivity index (χ3v) is 7.14. The lowest BCUT2D eigenvalue weighted by molar-refractivity contribution is -0.143. The molecule has 35 heavy (non-hydrogen) atoms. The molecule has 1 saturated heterocycles. The minimum absolute atomic E-state index is 0.0256. The summed E-state index contributed by atoms with van der Waals surface area (Å²) in [6.07, 6.45) is 1.85. The van der Waals surface area contributed by atoms with Gasteiger partial charge in [0.1, 0.15) is 12.0 Å². The van der Waals surface area contributed by atoms with Gasteiger partial charge in [0.05, 0.1) is 23.4 Å². The first kappa shape index (κ1) is 25.8. The van der Waals surface area contributed by atoms with E-state index in [-0.39, 0.29) is 36.0 Å². The molecule has 190 valence electrons. The summed E-state index contributed by atoms with van der Waals surface area (Å²) in [5.41, 5.74) is 1.74. The third kappa shape index (κ3) is 5.59. The van der Waals surface area contributed by atoms with Gasteiger partial charge in [-0.1, -0.05) is 17.7 Å². The van der Waals surface area contributed by atoms with Crippen LogP contribution in [0.2, 0.25) is 5.02 Å². The molecule has 2 atom stereocenters. The SMILES string of the molecule is CNCCN1CC(=O)/C2=C(/C)CCN(Cc3ccc(F)c(Cl)c3)C(O)/C=C(\O)C(=O)N2C1C1CC1. The van der Waals surface area contributed by atoms with Gasteiger partial charge >= 0.3 is 0 Å². The number of hydrogen-bond acceptors (Lipinski definition) is 7. The fourth-order valence-electron chi connectivity index (χ4n) is 4.87. The summed E-state index contributed by atoms with van der Waals surface area (Å²) in [5, 5.41) is 24.7. The number of ketones is 1. The minimum atomic E-state index is -1.27. The van der Waals surface area contributed by atoms with Crippen LogP contribution in [-0.4, -0.2) is 82.2 Å². The number of fused-ring (bicyclic) bond motifs is 1. The Morgan fingerprint density at radius 3 is 2.63 bits per heavy atom. The van der Waals surface area contributed by atoms with Gasteiger partial charge in [0.2, 0.25) is 0 Å². The fourth-order valence-corrected chi connectivity index (χ4v) is 5.07. The zero-order valence-electron chi connectivity index (χ0n) is 20.0. The average Bonchev–Trinajstić information content (AvgIpc) is 3.65. The van der Waals surface area contributed by atoms with E-state index in [4.69, 9.17) is 11.6 Å². The van der Waals surface area contributed by atoms with E-state index in [0.717, 1.165) is 24.5 Å². The summed E-state index contributed by atoms with van der Waals surface area (Å²) in [5.74, 6) is -1.77. The molecule has 1 aromatic carbocycles. The lowest BCUT2D eigenvalue weighted by Crippen LogP contribution is -2.60. The molecule has 2 aliphatic heterocycles. The van der Waals surface area contributed by atoms with Crippen molar-refractivity contribution >= 4 is 23.3 Å². The minimum Gasteiger partial charge on any atom is -0.503 e. The Morgan fingerprint density at radius 1 is 1.23 bits per heavy atom. The highest BCUT2D eigenvalue weighted by molar-refractivity contribution is 6.30. The van der Waals surface area contributed by atoms with Gasteiger partial charge in [-0.05, 0) is 62.4 Å². The molecular weight excluding hydrogens is 475 g/mol. The van der Waals surface area contributed by atoms with Gasteiger partial charge in [-0.25, -0.2) is 4.39 Å². The van der Waals surface area contributed by atoms with E-state index in [1.165, 1.54) is 17.0 Å². The first-order chi connectivity index (χ1) is 16.7. The smallest absolute Gasteiger partial charge is 0.294 e. The standard InChI is InChI=1S/C25H32ClFN4O4/c1-15-7-9-29(13-16-3-6-19(27)18(26)11-16)22(34)12-20(32)25(35)31-23(15)21(33)14-30(10-8-28-2)24(31)17-4-5-17/h3,6,11-12,17,22,24,28,32,34H,4-5,7-10,13-14H2,1-2H3/b20-12-,23-15+. The first-order valence-corrected chi connectivity index (χ1v) is 12.3. The van der Waals surface area contributed by atoms with E-state index in [9.17, 15) is 24.2 Å². The Labute approximate surface area is 209 Å². The molecule has 2 heterocycles. The van der Waals surface area contributed by atoms with Crippen molar-refractivity contribution < 1.29 is 24.2 Å². The number of Topliss-reactive ketones (excluding diaryl/α,β-unsaturated/α-hetero) is 1. The number of halogens is 2. The Morgan fingerprint density at radius 2 is 1.97 bits per heavy atom. The molecule has 1 amide bonds. The molecule has 0 radical (unpaired) electrons. The molecule has 3 N–H and O–H groups in total. The maximum absolute atomic E-state index is 13.6. The molecule has 8 nitrogen and oxygen atoms in total. The van der Waals surface area contributed by atoms with Crippen molar-refractivity contribution in [2.24, 2.45) is 5.92 Å². The van der Waals surface area contributed by atoms with Crippen LogP contribution in [0, 0.1) is 11.7 Å². The molecule has 0 spiro atoms. The number of hydrogen-bond donors (Lipinski definition) is 3. The summed E-state index contributed by atoms with van der Waals surface area (Å²) in [6, 6.07) is 4.31. The zero-order valence-corrected chi connectivity index (χ0v) is 20.8. The van der Waals surface area contributed by atoms with Crippen LogP contribution in [-0.2, 0) is 16.1 Å². The van der Waals surface area contributed by atoms with Crippen LogP contribution in [0.25, 0.3) is 0 Å². The van der Waals surface area contributed by atoms with E-state index in [2.05, 4.69) is 5.32 Å². The third-order valence-electron chi connectivity index (χ3n) is 6.85. The van der Waals surface area contributed by atoms with E-state index in [0.29, 0.717) is 37.3 Å². The normalized spacial score (nSPS) is 28.6. The second-order valence-electron chi connectivity index (χ2n) is 9.49. The van der Waals surface area contributed by atoms with Crippen molar-refractivity contribution in [3.63, 3.8) is 0 Å². The van der Waals surface area contributed by atoms with Gasteiger partial charge in [-0.3, -0.25) is 24.3 Å². The number of aliphatic hydroxyl groups is 2. The van der Waals surface area contributed by atoms with Crippen molar-refractivity contribution in [3.05, 3.63) is 57.7 Å². The Kier molecular flexibility index (Phi) is 7.92. The van der Waals surface area contributed by atoms with Gasteiger partial charge in [-0.15, -0.1) is 0 Å². The van der Waals surface area contributed by atoms with Crippen LogP contribution in [0.1, 0.15) is 31.7 Å². The van der Waals surface area contributed by atoms with Crippen LogP contribution < -0.4 is 5.32 Å². The lowest BCUT2D eigenvalue weighted by atomic mass is 9.99. The second kappa shape index (κ2) is 10.8. The van der Waals surface area contributed by atoms with Gasteiger partial charge < -0.3 is 15.5 Å². The topological polar surface area (TPSA) is 96.4 Å². The maximum atomic E-state index is 13.6. The number of carbonyl (C=O) groups is 2. The Balaban J connectivity index is 1.67. The van der Waals surface area contributed by atoms with Crippen molar-refractivity contribution in [3.8, 4) is 0 Å². The lowest BCUT2D eigenvalue weighted by Gasteiger charge is -2.45. The quantitative estimate of drug-likeness (QED) is 0.545. The molecule has 1 aliphatic carbocycles. The molecule has 2 fully saturated rings. The first-order valence-electron chi connectivity index (χ1n) is 11.9. The van der Waals surface area contributed by atoms with Crippen molar-refractivity contribution in [2.45, 2.75) is 45.1 Å². The largest absolute Gasteiger partial charge is 0.503 e. The van der Waals surface area contributed by atoms with Crippen LogP contribution in [0.15, 0.2) is 41.3 Å². The molecular formula is C25H32ClFN4O4. The van der Waals surface area contributed by atoms with Gasteiger partial charge in [0.15, 0.2) is 11.5 Å². The fraction of sp³-hybridized carbons (Fsp3) is 0.520. The van der Waals surface area contributed by atoms with Crippen molar-refractivity contribution in [2.75, 3.05) is 33.2 Å². The molecule has 0 aromatic heterocycles. The molecule has 3 aliphatic rings. The van der Waals surface area contributed by atoms with Gasteiger partial charge in [0, 0.05) is 32.3 Å². The van der Waals surface area contributed by atoms with Crippen molar-refractivity contribution in [1.29, 1.82) is 0 Å². The highest BCUT2D eigenvalue weighted by Gasteiger charge is 2.48. The number of likely N-dealkylation sites (N-methyl/N-ethyl adjacent to an activating group) is 1. The van der Waals surface area contributed by atoms with E-state index in [1.807, 2.05) is 18.9 Å². The van der Waals surface area contributed by atoms with Crippen LogP contribution >= 0.6 is 11.6 Å². The summed E-state index contributed by atoms with van der Waals surface area (Å²) >= 11 is 5.91. The summed E-state index contributed by atoms with van der Waals surface area (Å²) in [6.45, 7) is 3.86. The molecule has 4 rings (SSSR count). The van der Waals surface area contributed by atoms with Crippen LogP contribution in [0.4, 0.5) is 4.39 Å². The van der Waals surface area contributed by atoms with E-state index < -0.39 is 23.7 Å². The Hall–Kier alpha value is -2.30. The number of nitrogens with one attached hydrogen (secondary N) is 1. The number of benzene rings is 1. The number of amides is 1. The average molecular weight is 507 g/mol. The molecule has 1 saturated carbocycles. The Bertz CT molecular complexity index is 1060. The van der Waals surface area contributed by atoms with Crippen molar-refractivity contribution in [1.82, 2.24) is 20.0 Å². The highest BCUT2D eigenvalue weighted by atomic mass is 35.5. The van der Waals surface area contributed by atoms with Crippen LogP contribution in [0.3, 0.4) is 0 Å². The summed E-state index contributed by atoms with van der Waals surface area (Å²) < 4.78 is 13.6. The number of nitrogens with zero attached hydrogens (tertiary/aromatic N) is 3. The molecule has 10 heteroatoms. The van der Waals surface area contributed by atoms with E-state index in [1.54, 1.807) is 11.0 Å². The predicted molar refractivity (Wildman–Crippen MR) is 130 cm³/mol. The monoisotopic (exact) mass is 506 g/mol. The highest BCUT2D eigenvalue weighted by Crippen LogP contribution is 2.41. The number of aliphatic hydroxyl groups excluding tert-OH is 2. The molecule has 2 unspecified atom stereocenters. The number of carbonyl (C=O) groups excluding carboxylic acids is 2. The number of rotatable bonds is 6.